The van der Waals surface area contributed by atoms with Gasteiger partial charge in [-0.15, -0.1) is 0 Å². The van der Waals surface area contributed by atoms with Gasteiger partial charge in [0.2, 0.25) is 0 Å². The first-order valence-corrected chi connectivity index (χ1v) is 9.26. The number of hydrogen-bond acceptors (Lipinski definition) is 3. The van der Waals surface area contributed by atoms with E-state index in [1.165, 1.54) is 0 Å². The van der Waals surface area contributed by atoms with E-state index in [2.05, 4.69) is 16.0 Å². The summed E-state index contributed by atoms with van der Waals surface area (Å²) in [4.78, 5) is 23.9. The van der Waals surface area contributed by atoms with Crippen LogP contribution in [-0.4, -0.2) is 19.0 Å². The van der Waals surface area contributed by atoms with E-state index in [0.29, 0.717) is 33.5 Å². The van der Waals surface area contributed by atoms with Gasteiger partial charge in [0.05, 0.1) is 0 Å². The fraction of sp³-hybridized carbons (Fsp3) is 0.0909. The number of urea groups is 1. The molecule has 0 unspecified atom stereocenters. The van der Waals surface area contributed by atoms with Gasteiger partial charge in [-0.05, 0) is 73.2 Å². The van der Waals surface area contributed by atoms with Gasteiger partial charge in [0.15, 0.2) is 0 Å². The number of benzene rings is 3. The summed E-state index contributed by atoms with van der Waals surface area (Å²) in [5.74, 6) is 0.942. The van der Waals surface area contributed by atoms with E-state index in [0.717, 1.165) is 5.56 Å². The first-order chi connectivity index (χ1) is 13.9. The molecule has 3 N–H and O–H groups in total. The number of carbonyl (C=O) groups excluding carboxylic acids is 2. The van der Waals surface area contributed by atoms with Gasteiger partial charge in [0.1, 0.15) is 11.5 Å². The average Bonchev–Trinajstić information content (AvgIpc) is 2.72. The monoisotopic (exact) mass is 409 g/mol. The molecule has 29 heavy (non-hydrogen) atoms. The van der Waals surface area contributed by atoms with Crippen molar-refractivity contribution in [1.29, 1.82) is 0 Å². The maximum absolute atomic E-state index is 12.2. The molecule has 0 aliphatic heterocycles. The molecule has 0 aliphatic carbocycles. The fourth-order valence-electron chi connectivity index (χ4n) is 2.60. The third-order valence-corrected chi connectivity index (χ3v) is 4.51. The quantitative estimate of drug-likeness (QED) is 0.524. The summed E-state index contributed by atoms with van der Waals surface area (Å²) in [5, 5.41) is 8.73. The van der Waals surface area contributed by atoms with Crippen LogP contribution in [0.3, 0.4) is 0 Å². The number of anilines is 2. The lowest BCUT2D eigenvalue weighted by molar-refractivity contribution is 0.0962. The van der Waals surface area contributed by atoms with E-state index in [1.54, 1.807) is 73.8 Å². The molecule has 3 rings (SSSR count). The molecule has 3 amide bonds. The van der Waals surface area contributed by atoms with Crippen molar-refractivity contribution in [2.75, 3.05) is 17.7 Å². The molecule has 148 valence electrons. The second-order valence-corrected chi connectivity index (χ2v) is 6.68. The van der Waals surface area contributed by atoms with Crippen LogP contribution in [0.15, 0.2) is 66.7 Å². The number of carbonyl (C=O) groups is 2. The largest absolute Gasteiger partial charge is 0.457 e. The Hall–Kier alpha value is -3.51. The van der Waals surface area contributed by atoms with Gasteiger partial charge in [0, 0.05) is 29.0 Å². The standard InChI is InChI=1S/C22H20ClN3O3/c1-14-12-17(8-11-20(14)23)26-22(28)25-16-6-9-18(10-7-16)29-19-5-3-4-15(13-19)21(27)24-2/h3-13H,1-2H3,(H,24,27)(H2,25,26,28). The minimum absolute atomic E-state index is 0.183. The van der Waals surface area contributed by atoms with E-state index >= 15 is 0 Å². The number of ether oxygens (including phenoxy) is 1. The molecule has 0 saturated heterocycles. The van der Waals surface area contributed by atoms with Crippen LogP contribution in [0.4, 0.5) is 16.2 Å². The summed E-state index contributed by atoms with van der Waals surface area (Å²) in [6, 6.07) is 18.7. The molecule has 0 radical (unpaired) electrons. The Morgan fingerprint density at radius 1 is 0.862 bits per heavy atom. The van der Waals surface area contributed by atoms with E-state index < -0.39 is 0 Å². The minimum atomic E-state index is -0.362. The summed E-state index contributed by atoms with van der Waals surface area (Å²) < 4.78 is 5.77. The zero-order valence-electron chi connectivity index (χ0n) is 16.0. The van der Waals surface area contributed by atoms with Crippen LogP contribution in [-0.2, 0) is 0 Å². The third-order valence-electron chi connectivity index (χ3n) is 4.09. The Morgan fingerprint density at radius 3 is 2.24 bits per heavy atom. The molecular weight excluding hydrogens is 390 g/mol. The van der Waals surface area contributed by atoms with Gasteiger partial charge < -0.3 is 20.7 Å². The Bertz CT molecular complexity index is 1040. The normalized spacial score (nSPS) is 10.2. The van der Waals surface area contributed by atoms with E-state index in [9.17, 15) is 9.59 Å². The molecule has 7 heteroatoms. The number of hydrogen-bond donors (Lipinski definition) is 3. The summed E-state index contributed by atoms with van der Waals surface area (Å²) in [6.07, 6.45) is 0. The van der Waals surface area contributed by atoms with Crippen molar-refractivity contribution in [3.05, 3.63) is 82.9 Å². The first-order valence-electron chi connectivity index (χ1n) is 8.89. The second-order valence-electron chi connectivity index (χ2n) is 6.28. The molecule has 3 aromatic rings. The Balaban J connectivity index is 1.60. The molecule has 0 atom stereocenters. The molecule has 0 aromatic heterocycles. The van der Waals surface area contributed by atoms with Gasteiger partial charge in [-0.2, -0.15) is 0 Å². The van der Waals surface area contributed by atoms with Crippen LogP contribution in [0.1, 0.15) is 15.9 Å². The predicted octanol–water partition coefficient (Wildman–Crippen LogP) is 5.44. The van der Waals surface area contributed by atoms with E-state index in [1.807, 2.05) is 6.92 Å². The first kappa shape index (κ1) is 20.2. The van der Waals surface area contributed by atoms with Crippen molar-refractivity contribution in [3.8, 4) is 11.5 Å². The minimum Gasteiger partial charge on any atom is -0.457 e. The molecule has 0 bridgehead atoms. The molecule has 0 heterocycles. The number of rotatable bonds is 5. The Kier molecular flexibility index (Phi) is 6.36. The number of nitrogens with one attached hydrogen (secondary N) is 3. The summed E-state index contributed by atoms with van der Waals surface area (Å²) in [5.41, 5.74) is 2.66. The molecule has 0 fully saturated rings. The molecule has 3 aromatic carbocycles. The third kappa shape index (κ3) is 5.49. The van der Waals surface area contributed by atoms with Crippen LogP contribution in [0, 0.1) is 6.92 Å². The average molecular weight is 410 g/mol. The Labute approximate surface area is 173 Å². The van der Waals surface area contributed by atoms with Crippen molar-refractivity contribution in [2.24, 2.45) is 0 Å². The fourth-order valence-corrected chi connectivity index (χ4v) is 2.72. The lowest BCUT2D eigenvalue weighted by Crippen LogP contribution is -2.19. The Morgan fingerprint density at radius 2 is 1.55 bits per heavy atom. The number of aryl methyl sites for hydroxylation is 1. The molecule has 0 spiro atoms. The van der Waals surface area contributed by atoms with Crippen molar-refractivity contribution >= 4 is 34.9 Å². The van der Waals surface area contributed by atoms with Gasteiger partial charge in [-0.25, -0.2) is 4.79 Å². The SMILES string of the molecule is CNC(=O)c1cccc(Oc2ccc(NC(=O)Nc3ccc(Cl)c(C)c3)cc2)c1. The van der Waals surface area contributed by atoms with Gasteiger partial charge >= 0.3 is 6.03 Å². The van der Waals surface area contributed by atoms with Crippen LogP contribution in [0.2, 0.25) is 5.02 Å². The topological polar surface area (TPSA) is 79.5 Å². The lowest BCUT2D eigenvalue weighted by atomic mass is 10.2. The molecular formula is C22H20ClN3O3. The molecule has 0 saturated carbocycles. The summed E-state index contributed by atoms with van der Waals surface area (Å²) in [6.45, 7) is 1.87. The van der Waals surface area contributed by atoms with Gasteiger partial charge in [-0.3, -0.25) is 4.79 Å². The van der Waals surface area contributed by atoms with Crippen LogP contribution < -0.4 is 20.7 Å². The summed E-state index contributed by atoms with van der Waals surface area (Å²) in [7, 11) is 1.58. The van der Waals surface area contributed by atoms with Crippen LogP contribution in [0.5, 0.6) is 11.5 Å². The smallest absolute Gasteiger partial charge is 0.323 e. The highest BCUT2D eigenvalue weighted by atomic mass is 35.5. The molecule has 0 aliphatic rings. The van der Waals surface area contributed by atoms with E-state index in [-0.39, 0.29) is 11.9 Å². The predicted molar refractivity (Wildman–Crippen MR) is 115 cm³/mol. The highest BCUT2D eigenvalue weighted by Gasteiger charge is 2.07. The molecule has 6 nitrogen and oxygen atoms in total. The highest BCUT2D eigenvalue weighted by Crippen LogP contribution is 2.24. The second kappa shape index (κ2) is 9.12. The zero-order valence-corrected chi connectivity index (χ0v) is 16.7. The lowest BCUT2D eigenvalue weighted by Gasteiger charge is -2.10. The van der Waals surface area contributed by atoms with Crippen molar-refractivity contribution in [1.82, 2.24) is 5.32 Å². The summed E-state index contributed by atoms with van der Waals surface area (Å²) >= 11 is 5.99. The van der Waals surface area contributed by atoms with Crippen LogP contribution >= 0.6 is 11.6 Å². The van der Waals surface area contributed by atoms with Crippen LogP contribution in [0.25, 0.3) is 0 Å². The number of amides is 3. The van der Waals surface area contributed by atoms with Crippen molar-refractivity contribution in [2.45, 2.75) is 6.92 Å². The zero-order chi connectivity index (χ0) is 20.8. The number of halogens is 1. The van der Waals surface area contributed by atoms with Gasteiger partial charge in [-0.1, -0.05) is 17.7 Å². The van der Waals surface area contributed by atoms with Crippen molar-refractivity contribution in [3.63, 3.8) is 0 Å². The maximum atomic E-state index is 12.2. The maximum Gasteiger partial charge on any atom is 0.323 e. The highest BCUT2D eigenvalue weighted by molar-refractivity contribution is 6.31. The van der Waals surface area contributed by atoms with Gasteiger partial charge in [0.25, 0.3) is 5.91 Å². The van der Waals surface area contributed by atoms with E-state index in [4.69, 9.17) is 16.3 Å². The van der Waals surface area contributed by atoms with Crippen molar-refractivity contribution < 1.29 is 14.3 Å².